The molecule has 0 amide bonds. The van der Waals surface area contributed by atoms with Crippen LogP contribution in [0.15, 0.2) is 0 Å². The van der Waals surface area contributed by atoms with Crippen LogP contribution in [0.1, 0.15) is 91.9 Å². The second-order valence-corrected chi connectivity index (χ2v) is 8.47. The van der Waals surface area contributed by atoms with Gasteiger partial charge in [-0.05, 0) is 24.7 Å². The van der Waals surface area contributed by atoms with Gasteiger partial charge in [0.15, 0.2) is 0 Å². The average Bonchev–Trinajstić information content (AvgIpc) is 2.53. The largest absolute Gasteiger partial charge is 0.469 e. The Balaban J connectivity index is 4.99. The molecule has 0 saturated carbocycles. The van der Waals surface area contributed by atoms with Crippen LogP contribution in [0.4, 0.5) is 0 Å². The summed E-state index contributed by atoms with van der Waals surface area (Å²) in [5.41, 5.74) is -1.16. The number of phosphoric acid groups is 1. The smallest absolute Gasteiger partial charge is 0.387 e. The van der Waals surface area contributed by atoms with Gasteiger partial charge in [0.1, 0.15) is 0 Å². The van der Waals surface area contributed by atoms with Gasteiger partial charge in [-0.15, -0.1) is 0 Å². The first-order valence-electron chi connectivity index (χ1n) is 9.62. The molecule has 0 aliphatic rings. The van der Waals surface area contributed by atoms with Gasteiger partial charge in [-0.3, -0.25) is 4.52 Å². The molecule has 0 aromatic carbocycles. The molecule has 0 fully saturated rings. The zero-order valence-electron chi connectivity index (χ0n) is 16.0. The van der Waals surface area contributed by atoms with Gasteiger partial charge in [0.2, 0.25) is 0 Å². The minimum Gasteiger partial charge on any atom is -0.387 e. The highest BCUT2D eigenvalue weighted by Gasteiger charge is 2.35. The van der Waals surface area contributed by atoms with Crippen LogP contribution in [0.5, 0.6) is 0 Å². The van der Waals surface area contributed by atoms with Crippen LogP contribution >= 0.6 is 7.82 Å². The summed E-state index contributed by atoms with van der Waals surface area (Å²) >= 11 is 0. The molecular formula is C18H39O5P. The van der Waals surface area contributed by atoms with E-state index in [1.165, 1.54) is 0 Å². The number of hydrogen-bond acceptors (Lipinski definition) is 3. The second kappa shape index (κ2) is 12.4. The van der Waals surface area contributed by atoms with Crippen LogP contribution in [0.2, 0.25) is 0 Å². The van der Waals surface area contributed by atoms with E-state index < -0.39 is 13.4 Å². The zero-order chi connectivity index (χ0) is 18.6. The molecule has 2 unspecified atom stereocenters. The van der Waals surface area contributed by atoms with Gasteiger partial charge in [0, 0.05) is 0 Å². The van der Waals surface area contributed by atoms with Crippen LogP contribution < -0.4 is 0 Å². The predicted molar refractivity (Wildman–Crippen MR) is 98.8 cm³/mol. The van der Waals surface area contributed by atoms with E-state index in [4.69, 9.17) is 14.3 Å². The third kappa shape index (κ3) is 11.6. The summed E-state index contributed by atoms with van der Waals surface area (Å²) in [6, 6.07) is 0. The maximum atomic E-state index is 11.1. The molecule has 5 nitrogen and oxygen atoms in total. The van der Waals surface area contributed by atoms with Gasteiger partial charge in [0.05, 0.1) is 12.2 Å². The molecule has 0 aromatic rings. The molecule has 0 bridgehead atoms. The van der Waals surface area contributed by atoms with E-state index in [2.05, 4.69) is 27.7 Å². The topological polar surface area (TPSA) is 87.0 Å². The molecule has 6 heteroatoms. The third-order valence-electron chi connectivity index (χ3n) is 4.93. The maximum absolute atomic E-state index is 11.1. The Bertz CT molecular complexity index is 337. The molecule has 0 heterocycles. The Morgan fingerprint density at radius 1 is 0.917 bits per heavy atom. The van der Waals surface area contributed by atoms with Crippen molar-refractivity contribution in [3.8, 4) is 0 Å². The Kier molecular flexibility index (Phi) is 12.5. The molecule has 0 saturated heterocycles. The highest BCUT2D eigenvalue weighted by atomic mass is 31.2. The van der Waals surface area contributed by atoms with E-state index in [-0.39, 0.29) is 6.61 Å². The normalized spacial score (nSPS) is 17.5. The van der Waals surface area contributed by atoms with Crippen LogP contribution in [-0.2, 0) is 9.09 Å². The molecule has 146 valence electrons. The number of hydrogen-bond donors (Lipinski definition) is 3. The number of aliphatic hydroxyl groups is 1. The number of unbranched alkanes of at least 4 members (excludes halogenated alkanes) is 2. The molecule has 0 aromatic heterocycles. The van der Waals surface area contributed by atoms with Crippen LogP contribution in [-0.4, -0.2) is 27.1 Å². The van der Waals surface area contributed by atoms with E-state index in [9.17, 15) is 9.67 Å². The predicted octanol–water partition coefficient (Wildman–Crippen LogP) is 5.04. The summed E-state index contributed by atoms with van der Waals surface area (Å²) in [6.07, 6.45) is 9.55. The molecule has 0 aliphatic heterocycles. The van der Waals surface area contributed by atoms with E-state index in [1.54, 1.807) is 0 Å². The molecular weight excluding hydrogens is 327 g/mol. The standard InChI is InChI=1S/C18H39O5P/c1-5-9-11-16(7-3)13-18(19,15-23-24(20,21)22)14-17(8-4)12-10-6-2/h16-17,19H,5-15H2,1-4H3,(H2,20,21,22). The Morgan fingerprint density at radius 2 is 1.33 bits per heavy atom. The molecule has 3 N–H and O–H groups in total. The van der Waals surface area contributed by atoms with Crippen molar-refractivity contribution in [2.75, 3.05) is 6.61 Å². The van der Waals surface area contributed by atoms with Gasteiger partial charge in [-0.1, -0.05) is 79.1 Å². The Labute approximate surface area is 148 Å². The molecule has 0 spiro atoms. The molecule has 0 radical (unpaired) electrons. The molecule has 2 atom stereocenters. The van der Waals surface area contributed by atoms with Gasteiger partial charge in [-0.2, -0.15) is 0 Å². The van der Waals surface area contributed by atoms with Gasteiger partial charge < -0.3 is 14.9 Å². The van der Waals surface area contributed by atoms with Gasteiger partial charge in [-0.25, -0.2) is 4.57 Å². The van der Waals surface area contributed by atoms with E-state index in [0.29, 0.717) is 24.7 Å². The van der Waals surface area contributed by atoms with Crippen LogP contribution in [0.3, 0.4) is 0 Å². The summed E-state index contributed by atoms with van der Waals surface area (Å²) in [5.74, 6) is 0.720. The van der Waals surface area contributed by atoms with Gasteiger partial charge >= 0.3 is 7.82 Å². The highest BCUT2D eigenvalue weighted by Crippen LogP contribution is 2.40. The molecule has 24 heavy (non-hydrogen) atoms. The Morgan fingerprint density at radius 3 is 1.62 bits per heavy atom. The molecule has 0 aliphatic carbocycles. The van der Waals surface area contributed by atoms with E-state index >= 15 is 0 Å². The summed E-state index contributed by atoms with van der Waals surface area (Å²) in [7, 11) is -4.57. The van der Waals surface area contributed by atoms with E-state index in [0.717, 1.165) is 51.4 Å². The lowest BCUT2D eigenvalue weighted by molar-refractivity contribution is -0.0519. The summed E-state index contributed by atoms with van der Waals surface area (Å²) in [5, 5.41) is 11.1. The fourth-order valence-corrected chi connectivity index (χ4v) is 3.78. The monoisotopic (exact) mass is 366 g/mol. The average molecular weight is 366 g/mol. The SMILES string of the molecule is CCCCC(CC)CC(O)(COP(=O)(O)O)CC(CC)CCCC. The van der Waals surface area contributed by atoms with Crippen molar-refractivity contribution < 1.29 is 24.0 Å². The highest BCUT2D eigenvalue weighted by molar-refractivity contribution is 7.46. The van der Waals surface area contributed by atoms with Crippen molar-refractivity contribution in [3.63, 3.8) is 0 Å². The first-order chi connectivity index (χ1) is 11.2. The van der Waals surface area contributed by atoms with Gasteiger partial charge in [0.25, 0.3) is 0 Å². The van der Waals surface area contributed by atoms with Crippen molar-refractivity contribution in [1.29, 1.82) is 0 Å². The van der Waals surface area contributed by atoms with Crippen molar-refractivity contribution in [3.05, 3.63) is 0 Å². The minimum atomic E-state index is -4.57. The second-order valence-electron chi connectivity index (χ2n) is 7.23. The lowest BCUT2D eigenvalue weighted by atomic mass is 9.79. The first kappa shape index (κ1) is 24.1. The third-order valence-corrected chi connectivity index (χ3v) is 5.39. The number of rotatable bonds is 15. The van der Waals surface area contributed by atoms with E-state index in [1.807, 2.05) is 0 Å². The lowest BCUT2D eigenvalue weighted by Gasteiger charge is -2.34. The molecule has 0 rings (SSSR count). The van der Waals surface area contributed by atoms with Crippen molar-refractivity contribution >= 4 is 7.82 Å². The van der Waals surface area contributed by atoms with Crippen molar-refractivity contribution in [2.24, 2.45) is 11.8 Å². The number of phosphoric ester groups is 1. The first-order valence-corrected chi connectivity index (χ1v) is 11.1. The quantitative estimate of drug-likeness (QED) is 0.353. The fraction of sp³-hybridized carbons (Fsp3) is 1.00. The maximum Gasteiger partial charge on any atom is 0.469 e. The lowest BCUT2D eigenvalue weighted by Crippen LogP contribution is -2.38. The minimum absolute atomic E-state index is 0.289. The van der Waals surface area contributed by atoms with Crippen LogP contribution in [0, 0.1) is 11.8 Å². The summed E-state index contributed by atoms with van der Waals surface area (Å²) in [4.78, 5) is 18.0. The fourth-order valence-electron chi connectivity index (χ4n) is 3.37. The Hall–Kier alpha value is 0.0700. The summed E-state index contributed by atoms with van der Waals surface area (Å²) < 4.78 is 15.8. The zero-order valence-corrected chi connectivity index (χ0v) is 16.9. The van der Waals surface area contributed by atoms with Crippen LogP contribution in [0.25, 0.3) is 0 Å². The van der Waals surface area contributed by atoms with Crippen molar-refractivity contribution in [1.82, 2.24) is 0 Å². The van der Waals surface area contributed by atoms with Crippen molar-refractivity contribution in [2.45, 2.75) is 97.5 Å². The summed E-state index contributed by atoms with van der Waals surface area (Å²) in [6.45, 7) is 8.22.